The Hall–Kier alpha value is -1.50. The van der Waals surface area contributed by atoms with Gasteiger partial charge in [-0.1, -0.05) is 5.92 Å². The number of aliphatic hydroxyl groups excluding tert-OH is 1. The molecule has 0 spiro atoms. The topological polar surface area (TPSA) is 250 Å². The van der Waals surface area contributed by atoms with E-state index >= 15 is 4.39 Å². The Labute approximate surface area is 184 Å². The first-order valence-electron chi connectivity index (χ1n) is 8.54. The molecular formula is C13H19FN3O13P3. The second-order valence-electron chi connectivity index (χ2n) is 6.48. The van der Waals surface area contributed by atoms with Crippen molar-refractivity contribution in [2.45, 2.75) is 44.1 Å². The summed E-state index contributed by atoms with van der Waals surface area (Å²) in [5, 5.41) is 10.5. The number of halogens is 1. The van der Waals surface area contributed by atoms with Crippen LogP contribution in [0.15, 0.2) is 17.1 Å². The average Bonchev–Trinajstić information content (AvgIpc) is 2.83. The normalized spacial score (nSPS) is 30.0. The predicted molar refractivity (Wildman–Crippen MR) is 105 cm³/mol. The highest BCUT2D eigenvalue weighted by atomic mass is 31.3. The van der Waals surface area contributed by atoms with Gasteiger partial charge in [-0.3, -0.25) is 9.09 Å². The van der Waals surface area contributed by atoms with Crippen molar-refractivity contribution in [2.75, 3.05) is 5.73 Å². The number of aromatic nitrogens is 2. The van der Waals surface area contributed by atoms with Crippen LogP contribution in [0.1, 0.15) is 20.1 Å². The van der Waals surface area contributed by atoms with E-state index < -0.39 is 59.4 Å². The molecular weight excluding hydrogens is 518 g/mol. The lowest BCUT2D eigenvalue weighted by atomic mass is 9.94. The summed E-state index contributed by atoms with van der Waals surface area (Å²) in [6.45, 7) is 2.18. The van der Waals surface area contributed by atoms with Gasteiger partial charge in [-0.25, -0.2) is 22.9 Å². The molecule has 2 heterocycles. The average molecular weight is 537 g/mol. The summed E-state index contributed by atoms with van der Waals surface area (Å²) in [5.41, 5.74) is 1.34. The van der Waals surface area contributed by atoms with E-state index in [1.54, 1.807) is 0 Å². The van der Waals surface area contributed by atoms with E-state index in [1.165, 1.54) is 6.92 Å². The van der Waals surface area contributed by atoms with Crippen LogP contribution in [-0.2, 0) is 31.6 Å². The molecule has 7 N–H and O–H groups in total. The summed E-state index contributed by atoms with van der Waals surface area (Å²) in [7, 11) is -17.1. The van der Waals surface area contributed by atoms with Crippen molar-refractivity contribution in [3.63, 3.8) is 0 Å². The Kier molecular flexibility index (Phi) is 8.10. The quantitative estimate of drug-likeness (QED) is 0.181. The first kappa shape index (κ1) is 27.7. The third-order valence-electron chi connectivity index (χ3n) is 3.99. The van der Waals surface area contributed by atoms with Crippen LogP contribution in [0.2, 0.25) is 0 Å². The maximum atomic E-state index is 15.7. The van der Waals surface area contributed by atoms with E-state index in [0.29, 0.717) is 4.57 Å². The smallest absolute Gasteiger partial charge is 0.386 e. The van der Waals surface area contributed by atoms with Crippen LogP contribution >= 0.6 is 23.5 Å². The molecule has 1 saturated heterocycles. The first-order valence-corrected chi connectivity index (χ1v) is 13.1. The van der Waals surface area contributed by atoms with Crippen molar-refractivity contribution in [1.29, 1.82) is 0 Å². The van der Waals surface area contributed by atoms with Crippen LogP contribution in [0.3, 0.4) is 0 Å². The molecule has 1 aromatic rings. The number of nitrogens with two attached hydrogens (primary N) is 1. The fraction of sp³-hybridized carbons (Fsp3) is 0.538. The molecule has 0 radical (unpaired) electrons. The standard InChI is InChI=1S/C13H19FN3O13P3/c1-3-5-13(14)10(18)9(27-11(13)17-6-4-8(15)16-12(17)19)7(2)28-32(23,24)30-33(25,26)29-31(20,21)22/h4,6-7,9-11,18H,1-2H3,(H,23,24)(H,25,26)(H2,15,16,19)(H2,20,21,22)/t7-,9+,10-,11+,13?/m0/s1. The molecule has 0 amide bonds. The third kappa shape index (κ3) is 6.77. The summed E-state index contributed by atoms with van der Waals surface area (Å²) in [5.74, 6) is 4.07. The van der Waals surface area contributed by atoms with E-state index in [2.05, 4.69) is 30.0 Å². The number of hydrogen-bond acceptors (Lipinski definition) is 11. The van der Waals surface area contributed by atoms with Crippen molar-refractivity contribution in [1.82, 2.24) is 9.55 Å². The number of nitrogens with zero attached hydrogens (tertiary/aromatic N) is 2. The second kappa shape index (κ2) is 9.63. The Bertz CT molecular complexity index is 1160. The Balaban J connectivity index is 2.31. The molecule has 0 aliphatic carbocycles. The lowest BCUT2D eigenvalue weighted by Crippen LogP contribution is -2.45. The van der Waals surface area contributed by atoms with Crippen molar-refractivity contribution in [2.24, 2.45) is 0 Å². The maximum Gasteiger partial charge on any atom is 0.490 e. The summed E-state index contributed by atoms with van der Waals surface area (Å²) in [6, 6.07) is 1.12. The SMILES string of the molecule is CC#CC1(F)[C@@H](O)[C@@H]([C@H](C)OP(=O)(O)OP(=O)(O)OP(=O)(O)O)O[C@H]1n1ccc(N)nc1=O. The van der Waals surface area contributed by atoms with Crippen LogP contribution in [0, 0.1) is 11.8 Å². The molecule has 186 valence electrons. The molecule has 33 heavy (non-hydrogen) atoms. The number of aliphatic hydroxyl groups is 1. The minimum Gasteiger partial charge on any atom is -0.386 e. The molecule has 3 unspecified atom stereocenters. The number of phosphoric ester groups is 1. The fourth-order valence-electron chi connectivity index (χ4n) is 2.84. The highest BCUT2D eigenvalue weighted by Gasteiger charge is 2.60. The number of nitrogen functional groups attached to an aromatic ring is 1. The molecule has 0 aromatic carbocycles. The molecule has 0 bridgehead atoms. The van der Waals surface area contributed by atoms with Gasteiger partial charge in [0, 0.05) is 6.20 Å². The van der Waals surface area contributed by atoms with Crippen molar-refractivity contribution >= 4 is 29.3 Å². The first-order chi connectivity index (χ1) is 14.9. The molecule has 2 rings (SSSR count). The Morgan fingerprint density at radius 1 is 1.27 bits per heavy atom. The second-order valence-corrected chi connectivity index (χ2v) is 10.9. The van der Waals surface area contributed by atoms with Gasteiger partial charge in [-0.15, -0.1) is 5.92 Å². The molecule has 0 saturated carbocycles. The van der Waals surface area contributed by atoms with Crippen LogP contribution in [0.4, 0.5) is 10.2 Å². The highest BCUT2D eigenvalue weighted by Crippen LogP contribution is 2.66. The molecule has 1 aliphatic heterocycles. The monoisotopic (exact) mass is 537 g/mol. The van der Waals surface area contributed by atoms with Gasteiger partial charge in [0.15, 0.2) is 6.23 Å². The minimum absolute atomic E-state index is 0.196. The van der Waals surface area contributed by atoms with E-state index in [9.17, 15) is 33.4 Å². The van der Waals surface area contributed by atoms with E-state index in [1.807, 2.05) is 0 Å². The minimum atomic E-state index is -5.81. The van der Waals surface area contributed by atoms with Gasteiger partial charge < -0.3 is 35.2 Å². The predicted octanol–water partition coefficient (Wildman–Crippen LogP) is -0.453. The molecule has 16 nitrogen and oxygen atoms in total. The van der Waals surface area contributed by atoms with Gasteiger partial charge in [0.2, 0.25) is 5.67 Å². The number of ether oxygens (including phenoxy) is 1. The number of rotatable bonds is 8. The third-order valence-corrected chi connectivity index (χ3v) is 7.91. The van der Waals surface area contributed by atoms with E-state index in [0.717, 1.165) is 19.2 Å². The highest BCUT2D eigenvalue weighted by molar-refractivity contribution is 7.66. The van der Waals surface area contributed by atoms with Gasteiger partial charge in [0.25, 0.3) is 0 Å². The lowest BCUT2D eigenvalue weighted by Gasteiger charge is -2.25. The Morgan fingerprint density at radius 3 is 2.39 bits per heavy atom. The van der Waals surface area contributed by atoms with Gasteiger partial charge in [-0.2, -0.15) is 13.6 Å². The van der Waals surface area contributed by atoms with Gasteiger partial charge in [-0.05, 0) is 19.9 Å². The maximum absolute atomic E-state index is 15.7. The molecule has 1 aromatic heterocycles. The number of alkyl halides is 1. The summed E-state index contributed by atoms with van der Waals surface area (Å²) in [6.07, 6.45) is -6.75. The summed E-state index contributed by atoms with van der Waals surface area (Å²) >= 11 is 0. The van der Waals surface area contributed by atoms with Crippen LogP contribution in [0.5, 0.6) is 0 Å². The molecule has 20 heteroatoms. The summed E-state index contributed by atoms with van der Waals surface area (Å²) < 4.78 is 67.5. The number of anilines is 1. The van der Waals surface area contributed by atoms with Crippen molar-refractivity contribution in [3.05, 3.63) is 22.7 Å². The van der Waals surface area contributed by atoms with Gasteiger partial charge in [0.05, 0.1) is 6.10 Å². The van der Waals surface area contributed by atoms with Gasteiger partial charge >= 0.3 is 29.2 Å². The number of hydrogen-bond donors (Lipinski definition) is 6. The Morgan fingerprint density at radius 2 is 1.88 bits per heavy atom. The van der Waals surface area contributed by atoms with Crippen molar-refractivity contribution in [3.8, 4) is 11.8 Å². The zero-order valence-corrected chi connectivity index (χ0v) is 19.3. The largest absolute Gasteiger partial charge is 0.490 e. The molecule has 1 aliphatic rings. The van der Waals surface area contributed by atoms with Crippen LogP contribution < -0.4 is 11.4 Å². The van der Waals surface area contributed by atoms with E-state index in [4.69, 9.17) is 20.3 Å². The van der Waals surface area contributed by atoms with Gasteiger partial charge in [0.1, 0.15) is 18.0 Å². The zero-order valence-electron chi connectivity index (χ0n) is 16.7. The van der Waals surface area contributed by atoms with Crippen LogP contribution in [0.25, 0.3) is 0 Å². The molecule has 1 fully saturated rings. The lowest BCUT2D eigenvalue weighted by molar-refractivity contribution is -0.0780. The molecule has 7 atom stereocenters. The summed E-state index contributed by atoms with van der Waals surface area (Å²) in [4.78, 5) is 51.5. The zero-order chi connectivity index (χ0) is 25.4. The number of phosphoric acid groups is 3. The van der Waals surface area contributed by atoms with E-state index in [-0.39, 0.29) is 5.82 Å². The fourth-order valence-corrected chi connectivity index (χ4v) is 6.04. The van der Waals surface area contributed by atoms with Crippen LogP contribution in [-0.4, -0.2) is 58.2 Å². The van der Waals surface area contributed by atoms with Crippen molar-refractivity contribution < 1.29 is 60.6 Å².